The quantitative estimate of drug-likeness (QED) is 0.359. The number of pyridine rings is 1. The zero-order chi connectivity index (χ0) is 30.7. The molecule has 0 aliphatic carbocycles. The monoisotopic (exact) mass is 588 g/mol. The van der Waals surface area contributed by atoms with E-state index in [9.17, 15) is 9.59 Å². The van der Waals surface area contributed by atoms with Crippen molar-refractivity contribution in [2.45, 2.75) is 84.5 Å². The van der Waals surface area contributed by atoms with Gasteiger partial charge < -0.3 is 23.8 Å². The highest BCUT2D eigenvalue weighted by Crippen LogP contribution is 2.36. The molecule has 2 fully saturated rings. The molecule has 0 saturated carbocycles. The van der Waals surface area contributed by atoms with Crippen LogP contribution in [0.25, 0.3) is 11.0 Å². The summed E-state index contributed by atoms with van der Waals surface area (Å²) in [6, 6.07) is 9.16. The topological polar surface area (TPSA) is 102 Å². The van der Waals surface area contributed by atoms with Gasteiger partial charge in [-0.15, -0.1) is 0 Å². The molecule has 10 nitrogen and oxygen atoms in total. The summed E-state index contributed by atoms with van der Waals surface area (Å²) in [5.41, 5.74) is 3.29. The number of nitrogens with zero attached hydrogens (tertiary/aromatic N) is 5. The minimum atomic E-state index is -0.594. The van der Waals surface area contributed by atoms with E-state index >= 15 is 0 Å². The van der Waals surface area contributed by atoms with Gasteiger partial charge in [0.1, 0.15) is 23.0 Å². The molecule has 2 aliphatic heterocycles. The first-order valence-corrected chi connectivity index (χ1v) is 15.3. The summed E-state index contributed by atoms with van der Waals surface area (Å²) in [6.07, 6.45) is 5.72. The molecule has 2 saturated heterocycles. The average molecular weight is 589 g/mol. The Morgan fingerprint density at radius 1 is 1.05 bits per heavy atom. The fraction of sp³-hybridized carbons (Fsp3) is 0.515. The van der Waals surface area contributed by atoms with Crippen molar-refractivity contribution >= 4 is 29.0 Å². The number of carbonyl (C=O) groups excluding carboxylic acids is 2. The standard InChI is InChI=1S/C33H44N6O4/c1-22(2)37-18-14-26(15-19-37)42-28-12-9-11-27-29(28)39(31(35-27)36-30(40)24-13-16-34-23(3)20-24)25-10-7-8-17-38(21-25)32(41)43-33(4,5)6/h9,11-13,16,20,25-26H,1,7-8,10,14-15,17-19,21H2,2-6H3,(H,35,36,40)/t25-/m1/s1. The molecule has 10 heteroatoms. The zero-order valence-electron chi connectivity index (χ0n) is 26.1. The van der Waals surface area contributed by atoms with E-state index in [2.05, 4.69) is 26.3 Å². The summed E-state index contributed by atoms with van der Waals surface area (Å²) in [7, 11) is 0. The van der Waals surface area contributed by atoms with E-state index in [0.717, 1.165) is 73.4 Å². The maximum absolute atomic E-state index is 13.4. The first kappa shape index (κ1) is 30.4. The Hall–Kier alpha value is -4.08. The van der Waals surface area contributed by atoms with Crippen LogP contribution in [0.5, 0.6) is 5.75 Å². The number of fused-ring (bicyclic) bond motifs is 1. The van der Waals surface area contributed by atoms with Gasteiger partial charge in [-0.1, -0.05) is 12.6 Å². The minimum Gasteiger partial charge on any atom is -0.488 e. The lowest BCUT2D eigenvalue weighted by Crippen LogP contribution is -2.39. The van der Waals surface area contributed by atoms with E-state index in [-0.39, 0.29) is 24.1 Å². The molecule has 1 atom stereocenters. The van der Waals surface area contributed by atoms with Gasteiger partial charge in [0.15, 0.2) is 0 Å². The van der Waals surface area contributed by atoms with E-state index in [1.165, 1.54) is 0 Å². The number of piperidine rings is 1. The highest BCUT2D eigenvalue weighted by Gasteiger charge is 2.31. The van der Waals surface area contributed by atoms with Gasteiger partial charge in [0.2, 0.25) is 5.95 Å². The van der Waals surface area contributed by atoms with Crippen molar-refractivity contribution in [2.24, 2.45) is 0 Å². The minimum absolute atomic E-state index is 0.0507. The number of aryl methyl sites for hydroxylation is 1. The van der Waals surface area contributed by atoms with E-state index in [1.54, 1.807) is 23.2 Å². The van der Waals surface area contributed by atoms with Crippen molar-refractivity contribution in [3.8, 4) is 5.75 Å². The summed E-state index contributed by atoms with van der Waals surface area (Å²) in [4.78, 5) is 39.8. The molecule has 0 bridgehead atoms. The van der Waals surface area contributed by atoms with Crippen molar-refractivity contribution < 1.29 is 19.1 Å². The van der Waals surface area contributed by atoms with Crippen molar-refractivity contribution in [2.75, 3.05) is 31.5 Å². The fourth-order valence-electron chi connectivity index (χ4n) is 5.87. The van der Waals surface area contributed by atoms with Gasteiger partial charge in [-0.3, -0.25) is 15.1 Å². The van der Waals surface area contributed by atoms with E-state index in [0.29, 0.717) is 24.6 Å². The van der Waals surface area contributed by atoms with Crippen molar-refractivity contribution in [1.29, 1.82) is 0 Å². The number of anilines is 1. The number of hydrogen-bond donors (Lipinski definition) is 1. The van der Waals surface area contributed by atoms with E-state index < -0.39 is 5.60 Å². The van der Waals surface area contributed by atoms with Crippen LogP contribution < -0.4 is 10.1 Å². The number of nitrogens with one attached hydrogen (secondary N) is 1. The third-order valence-electron chi connectivity index (χ3n) is 8.00. The number of allylic oxidation sites excluding steroid dienone is 1. The average Bonchev–Trinajstić information content (AvgIpc) is 3.13. The lowest BCUT2D eigenvalue weighted by atomic mass is 10.1. The second-order valence-corrected chi connectivity index (χ2v) is 12.7. The van der Waals surface area contributed by atoms with Gasteiger partial charge in [-0.2, -0.15) is 0 Å². The van der Waals surface area contributed by atoms with Gasteiger partial charge in [0.05, 0.1) is 11.6 Å². The van der Waals surface area contributed by atoms with Gasteiger partial charge in [0, 0.05) is 62.2 Å². The second kappa shape index (κ2) is 12.7. The third kappa shape index (κ3) is 7.29. The number of imidazole rings is 1. The lowest BCUT2D eigenvalue weighted by molar-refractivity contribution is 0.0238. The highest BCUT2D eigenvalue weighted by molar-refractivity contribution is 6.04. The van der Waals surface area contributed by atoms with Crippen LogP contribution in [0.3, 0.4) is 0 Å². The van der Waals surface area contributed by atoms with Crippen LogP contribution >= 0.6 is 0 Å². The summed E-state index contributed by atoms with van der Waals surface area (Å²) >= 11 is 0. The Bertz CT molecular complexity index is 1480. The molecule has 1 N–H and O–H groups in total. The Kier molecular flexibility index (Phi) is 8.94. The predicted molar refractivity (Wildman–Crippen MR) is 167 cm³/mol. The number of hydrogen-bond acceptors (Lipinski definition) is 7. The van der Waals surface area contributed by atoms with Crippen LogP contribution in [0.1, 0.15) is 81.9 Å². The summed E-state index contributed by atoms with van der Waals surface area (Å²) < 4.78 is 14.5. The smallest absolute Gasteiger partial charge is 0.410 e. The Morgan fingerprint density at radius 2 is 1.81 bits per heavy atom. The molecule has 2 aliphatic rings. The normalized spacial score (nSPS) is 18.3. The highest BCUT2D eigenvalue weighted by atomic mass is 16.6. The molecule has 5 rings (SSSR count). The molecule has 230 valence electrons. The molecule has 2 amide bonds. The van der Waals surface area contributed by atoms with Gasteiger partial charge in [-0.05, 0) is 78.1 Å². The maximum Gasteiger partial charge on any atom is 0.410 e. The second-order valence-electron chi connectivity index (χ2n) is 12.7. The SMILES string of the molecule is C=C(C)N1CCC(Oc2cccc3nc(NC(=O)c4ccnc(C)c4)n([C@@H]4CCCCN(C(=O)OC(C)(C)C)C4)c23)CC1. The zero-order valence-corrected chi connectivity index (χ0v) is 26.1. The van der Waals surface area contributed by atoms with Crippen molar-refractivity contribution in [1.82, 2.24) is 24.3 Å². The fourth-order valence-corrected chi connectivity index (χ4v) is 5.87. The number of aromatic nitrogens is 3. The Morgan fingerprint density at radius 3 is 2.51 bits per heavy atom. The summed E-state index contributed by atoms with van der Waals surface area (Å²) in [5, 5.41) is 3.07. The number of amides is 2. The number of para-hydroxylation sites is 1. The molecule has 0 unspecified atom stereocenters. The molecule has 1 aromatic carbocycles. The largest absolute Gasteiger partial charge is 0.488 e. The Labute approximate surface area is 254 Å². The maximum atomic E-state index is 13.4. The van der Waals surface area contributed by atoms with Crippen LogP contribution in [0.4, 0.5) is 10.7 Å². The predicted octanol–water partition coefficient (Wildman–Crippen LogP) is 6.33. The number of carbonyl (C=O) groups is 2. The number of ether oxygens (including phenoxy) is 2. The first-order valence-electron chi connectivity index (χ1n) is 15.3. The van der Waals surface area contributed by atoms with Crippen molar-refractivity contribution in [3.05, 3.63) is 60.1 Å². The van der Waals surface area contributed by atoms with E-state index in [1.807, 2.05) is 52.8 Å². The number of likely N-dealkylation sites (tertiary alicyclic amines) is 2. The van der Waals surface area contributed by atoms with Crippen LogP contribution in [-0.4, -0.2) is 74.2 Å². The van der Waals surface area contributed by atoms with Crippen molar-refractivity contribution in [3.63, 3.8) is 0 Å². The van der Waals surface area contributed by atoms with Gasteiger partial charge in [0.25, 0.3) is 5.91 Å². The van der Waals surface area contributed by atoms with Crippen LogP contribution in [0, 0.1) is 6.92 Å². The van der Waals surface area contributed by atoms with Crippen LogP contribution in [-0.2, 0) is 4.74 Å². The van der Waals surface area contributed by atoms with Crippen LogP contribution in [0.15, 0.2) is 48.8 Å². The molecular formula is C33H44N6O4. The molecule has 2 aromatic heterocycles. The third-order valence-corrected chi connectivity index (χ3v) is 8.00. The molecule has 43 heavy (non-hydrogen) atoms. The van der Waals surface area contributed by atoms with Gasteiger partial charge >= 0.3 is 6.09 Å². The Balaban J connectivity index is 1.52. The molecule has 4 heterocycles. The molecule has 0 spiro atoms. The molecule has 3 aromatic rings. The first-order chi connectivity index (χ1) is 20.5. The van der Waals surface area contributed by atoms with Crippen LogP contribution in [0.2, 0.25) is 0 Å². The molecule has 0 radical (unpaired) electrons. The molecular weight excluding hydrogens is 544 g/mol. The summed E-state index contributed by atoms with van der Waals surface area (Å²) in [6.45, 7) is 16.5. The van der Waals surface area contributed by atoms with E-state index in [4.69, 9.17) is 14.5 Å². The number of benzene rings is 1. The number of rotatable bonds is 6. The lowest BCUT2D eigenvalue weighted by Gasteiger charge is -2.34. The summed E-state index contributed by atoms with van der Waals surface area (Å²) in [5.74, 6) is 0.889. The van der Waals surface area contributed by atoms with Gasteiger partial charge in [-0.25, -0.2) is 9.78 Å².